The first-order chi connectivity index (χ1) is 5.27. The Kier molecular flexibility index (Phi) is 1.55. The van der Waals surface area contributed by atoms with E-state index in [0.29, 0.717) is 5.28 Å². The van der Waals surface area contributed by atoms with Crippen LogP contribution in [0.5, 0.6) is 0 Å². The molecule has 0 aliphatic heterocycles. The summed E-state index contributed by atoms with van der Waals surface area (Å²) in [5.41, 5.74) is 2.13. The molecule has 0 N–H and O–H groups in total. The molecule has 0 saturated carbocycles. The number of hydrogen-bond donors (Lipinski definition) is 0. The van der Waals surface area contributed by atoms with Crippen LogP contribution < -0.4 is 0 Å². The Morgan fingerprint density at radius 3 is 3.18 bits per heavy atom. The van der Waals surface area contributed by atoms with Crippen LogP contribution in [0.1, 0.15) is 5.56 Å². The molecule has 0 atom stereocenters. The van der Waals surface area contributed by atoms with E-state index >= 15 is 0 Å². The molecule has 0 amide bonds. The molecule has 11 heavy (non-hydrogen) atoms. The standard InChI is InChI=1S/C7H5ClN2S/c1-4-3-11-5-2-9-7(8)10-6(4)5/h2-3H,1H3. The lowest BCUT2D eigenvalue weighted by Crippen LogP contribution is -1.80. The Bertz CT molecular complexity index is 396. The first-order valence-electron chi connectivity index (χ1n) is 3.14. The number of aromatic nitrogens is 2. The highest BCUT2D eigenvalue weighted by molar-refractivity contribution is 7.17. The summed E-state index contributed by atoms with van der Waals surface area (Å²) in [7, 11) is 0. The van der Waals surface area contributed by atoms with Crippen LogP contribution in [0.3, 0.4) is 0 Å². The van der Waals surface area contributed by atoms with Gasteiger partial charge >= 0.3 is 0 Å². The van der Waals surface area contributed by atoms with E-state index in [2.05, 4.69) is 15.3 Å². The Morgan fingerprint density at radius 1 is 1.55 bits per heavy atom. The van der Waals surface area contributed by atoms with E-state index in [4.69, 9.17) is 11.6 Å². The minimum atomic E-state index is 0.319. The number of aryl methyl sites for hydroxylation is 1. The largest absolute Gasteiger partial charge is 0.225 e. The number of halogens is 1. The van der Waals surface area contributed by atoms with Crippen molar-refractivity contribution in [2.24, 2.45) is 0 Å². The zero-order valence-electron chi connectivity index (χ0n) is 5.84. The molecule has 0 aliphatic rings. The van der Waals surface area contributed by atoms with E-state index in [1.54, 1.807) is 17.5 Å². The molecule has 0 radical (unpaired) electrons. The molecule has 2 rings (SSSR count). The first kappa shape index (κ1) is 7.00. The summed E-state index contributed by atoms with van der Waals surface area (Å²) in [5.74, 6) is 0. The fraction of sp³-hybridized carbons (Fsp3) is 0.143. The van der Waals surface area contributed by atoms with Crippen LogP contribution in [0.25, 0.3) is 10.2 Å². The van der Waals surface area contributed by atoms with Crippen molar-refractivity contribution in [3.63, 3.8) is 0 Å². The van der Waals surface area contributed by atoms with Gasteiger partial charge < -0.3 is 0 Å². The molecule has 0 aromatic carbocycles. The maximum atomic E-state index is 5.63. The monoisotopic (exact) mass is 184 g/mol. The Labute approximate surface area is 72.9 Å². The van der Waals surface area contributed by atoms with Gasteiger partial charge in [-0.05, 0) is 29.5 Å². The first-order valence-corrected chi connectivity index (χ1v) is 4.39. The molecule has 2 heterocycles. The normalized spacial score (nSPS) is 10.7. The lowest BCUT2D eigenvalue weighted by molar-refractivity contribution is 1.22. The summed E-state index contributed by atoms with van der Waals surface area (Å²) >= 11 is 7.27. The topological polar surface area (TPSA) is 25.8 Å². The Hall–Kier alpha value is -0.670. The van der Waals surface area contributed by atoms with Gasteiger partial charge in [-0.2, -0.15) is 0 Å². The molecular weight excluding hydrogens is 180 g/mol. The van der Waals surface area contributed by atoms with Crippen LogP contribution >= 0.6 is 22.9 Å². The minimum Gasteiger partial charge on any atom is -0.225 e. The molecule has 0 fully saturated rings. The molecule has 0 aliphatic carbocycles. The highest BCUT2D eigenvalue weighted by atomic mass is 35.5. The summed E-state index contributed by atoms with van der Waals surface area (Å²) in [5, 5.41) is 2.37. The molecule has 4 heteroatoms. The number of thiophene rings is 1. The third-order valence-electron chi connectivity index (χ3n) is 1.46. The van der Waals surface area contributed by atoms with Crippen molar-refractivity contribution in [2.45, 2.75) is 6.92 Å². The highest BCUT2D eigenvalue weighted by Gasteiger charge is 2.01. The Balaban J connectivity index is 2.87. The second kappa shape index (κ2) is 2.43. The molecule has 0 unspecified atom stereocenters. The lowest BCUT2D eigenvalue weighted by Gasteiger charge is -1.89. The molecule has 0 bridgehead atoms. The predicted octanol–water partition coefficient (Wildman–Crippen LogP) is 2.65. The van der Waals surface area contributed by atoms with Crippen LogP contribution in [-0.2, 0) is 0 Å². The van der Waals surface area contributed by atoms with Gasteiger partial charge in [0.05, 0.1) is 10.2 Å². The smallest absolute Gasteiger partial charge is 0.222 e. The van der Waals surface area contributed by atoms with Gasteiger partial charge in [0, 0.05) is 6.20 Å². The van der Waals surface area contributed by atoms with Crippen molar-refractivity contribution in [2.75, 3.05) is 0 Å². The third-order valence-corrected chi connectivity index (χ3v) is 2.67. The van der Waals surface area contributed by atoms with Gasteiger partial charge in [-0.1, -0.05) is 0 Å². The van der Waals surface area contributed by atoms with Gasteiger partial charge in [0.25, 0.3) is 0 Å². The van der Waals surface area contributed by atoms with Gasteiger partial charge in [0.1, 0.15) is 0 Å². The van der Waals surface area contributed by atoms with E-state index < -0.39 is 0 Å². The quantitative estimate of drug-likeness (QED) is 0.589. The number of nitrogens with zero attached hydrogens (tertiary/aromatic N) is 2. The fourth-order valence-electron chi connectivity index (χ4n) is 0.926. The molecule has 2 nitrogen and oxygen atoms in total. The zero-order chi connectivity index (χ0) is 7.84. The van der Waals surface area contributed by atoms with Gasteiger partial charge in [-0.3, -0.25) is 0 Å². The van der Waals surface area contributed by atoms with Crippen molar-refractivity contribution in [1.82, 2.24) is 9.97 Å². The van der Waals surface area contributed by atoms with Crippen molar-refractivity contribution in [3.05, 3.63) is 22.4 Å². The van der Waals surface area contributed by atoms with E-state index in [1.165, 1.54) is 0 Å². The van der Waals surface area contributed by atoms with Crippen LogP contribution in [0, 0.1) is 6.92 Å². The van der Waals surface area contributed by atoms with Crippen LogP contribution in [0.15, 0.2) is 11.6 Å². The molecule has 0 saturated heterocycles. The summed E-state index contributed by atoms with van der Waals surface area (Å²) < 4.78 is 1.09. The third kappa shape index (κ3) is 1.10. The van der Waals surface area contributed by atoms with E-state index in [1.807, 2.05) is 6.92 Å². The molecule has 2 aromatic rings. The van der Waals surface area contributed by atoms with Crippen LogP contribution in [0.4, 0.5) is 0 Å². The van der Waals surface area contributed by atoms with Crippen LogP contribution in [-0.4, -0.2) is 9.97 Å². The van der Waals surface area contributed by atoms with Crippen LogP contribution in [0.2, 0.25) is 5.28 Å². The van der Waals surface area contributed by atoms with Crippen molar-refractivity contribution in [3.8, 4) is 0 Å². The van der Waals surface area contributed by atoms with Crippen molar-refractivity contribution < 1.29 is 0 Å². The maximum Gasteiger partial charge on any atom is 0.222 e. The molecular formula is C7H5ClN2S. The number of fused-ring (bicyclic) bond motifs is 1. The van der Waals surface area contributed by atoms with E-state index in [9.17, 15) is 0 Å². The predicted molar refractivity (Wildman–Crippen MR) is 47.2 cm³/mol. The molecule has 56 valence electrons. The average Bonchev–Trinajstić information content (AvgIpc) is 2.33. The Morgan fingerprint density at radius 2 is 2.36 bits per heavy atom. The SMILES string of the molecule is Cc1csc2cnc(Cl)nc12. The van der Waals surface area contributed by atoms with E-state index in [-0.39, 0.29) is 0 Å². The molecule has 0 spiro atoms. The van der Waals surface area contributed by atoms with Crippen molar-refractivity contribution in [1.29, 1.82) is 0 Å². The minimum absolute atomic E-state index is 0.319. The second-order valence-electron chi connectivity index (χ2n) is 2.27. The number of rotatable bonds is 0. The lowest BCUT2D eigenvalue weighted by atomic mass is 10.3. The highest BCUT2D eigenvalue weighted by Crippen LogP contribution is 2.23. The van der Waals surface area contributed by atoms with E-state index in [0.717, 1.165) is 15.8 Å². The van der Waals surface area contributed by atoms with Gasteiger partial charge in [-0.25, -0.2) is 9.97 Å². The number of hydrogen-bond acceptors (Lipinski definition) is 3. The second-order valence-corrected chi connectivity index (χ2v) is 3.52. The summed E-state index contributed by atoms with van der Waals surface area (Å²) in [6, 6.07) is 0. The molecule has 2 aromatic heterocycles. The summed E-state index contributed by atoms with van der Waals surface area (Å²) in [6.45, 7) is 2.02. The summed E-state index contributed by atoms with van der Waals surface area (Å²) in [6.07, 6.45) is 1.75. The maximum absolute atomic E-state index is 5.63. The van der Waals surface area contributed by atoms with Gasteiger partial charge in [0.15, 0.2) is 0 Å². The van der Waals surface area contributed by atoms with Gasteiger partial charge in [-0.15, -0.1) is 11.3 Å². The van der Waals surface area contributed by atoms with Crippen molar-refractivity contribution >= 4 is 33.2 Å². The van der Waals surface area contributed by atoms with Gasteiger partial charge in [0.2, 0.25) is 5.28 Å². The zero-order valence-corrected chi connectivity index (χ0v) is 7.41. The average molecular weight is 185 g/mol. The summed E-state index contributed by atoms with van der Waals surface area (Å²) in [4.78, 5) is 7.99. The fourth-order valence-corrected chi connectivity index (χ4v) is 1.91.